The first-order chi connectivity index (χ1) is 8.11. The normalized spacial score (nSPS) is 10.5. The van der Waals surface area contributed by atoms with Crippen molar-refractivity contribution in [3.05, 3.63) is 41.6 Å². The highest BCUT2D eigenvalue weighted by molar-refractivity contribution is 6.28. The summed E-state index contributed by atoms with van der Waals surface area (Å²) >= 11 is 5.78. The van der Waals surface area contributed by atoms with Crippen molar-refractivity contribution in [2.75, 3.05) is 6.61 Å². The molecule has 0 unspecified atom stereocenters. The summed E-state index contributed by atoms with van der Waals surface area (Å²) < 4.78 is 18.4. The first-order valence-corrected chi connectivity index (χ1v) is 5.44. The molecule has 2 rings (SSSR count). The molecule has 0 N–H and O–H groups in total. The van der Waals surface area contributed by atoms with Crippen LogP contribution in [0.5, 0.6) is 0 Å². The first-order valence-electron chi connectivity index (χ1n) is 5.06. The predicted octanol–water partition coefficient (Wildman–Crippen LogP) is 3.43. The Bertz CT molecular complexity index is 581. The molecule has 0 bridgehead atoms. The van der Waals surface area contributed by atoms with Crippen LogP contribution in [0, 0.1) is 5.82 Å². The van der Waals surface area contributed by atoms with E-state index in [2.05, 4.69) is 16.5 Å². The summed E-state index contributed by atoms with van der Waals surface area (Å²) in [5.41, 5.74) is 0.919. The molecular weight excluding hydrogens is 243 g/mol. The van der Waals surface area contributed by atoms with Gasteiger partial charge < -0.3 is 4.74 Å². The van der Waals surface area contributed by atoms with Crippen LogP contribution < -0.4 is 0 Å². The zero-order chi connectivity index (χ0) is 12.4. The molecule has 0 fully saturated rings. The van der Waals surface area contributed by atoms with E-state index in [1.807, 2.05) is 6.92 Å². The van der Waals surface area contributed by atoms with Gasteiger partial charge >= 0.3 is 0 Å². The van der Waals surface area contributed by atoms with Gasteiger partial charge in [0.2, 0.25) is 5.28 Å². The summed E-state index contributed by atoms with van der Waals surface area (Å²) in [4.78, 5) is 8.01. The smallest absolute Gasteiger partial charge is 0.223 e. The molecular formula is C12H10ClFN2O. The molecule has 0 saturated carbocycles. The van der Waals surface area contributed by atoms with E-state index in [0.717, 1.165) is 0 Å². The quantitative estimate of drug-likeness (QED) is 0.620. The minimum Gasteiger partial charge on any atom is -0.492 e. The number of nitrogens with zero attached hydrogens (tertiary/aromatic N) is 2. The second kappa shape index (κ2) is 4.67. The van der Waals surface area contributed by atoms with Crippen molar-refractivity contribution >= 4 is 28.3 Å². The lowest BCUT2D eigenvalue weighted by Gasteiger charge is -2.09. The standard InChI is InChI=1S/C12H10ClFN2O/c1-3-17-7(2)11-9-5-4-8(14)6-10(9)15-12(13)16-11/h4-6H,2-3H2,1H3. The second-order valence-corrected chi connectivity index (χ2v) is 3.70. The van der Waals surface area contributed by atoms with Crippen molar-refractivity contribution in [1.82, 2.24) is 9.97 Å². The topological polar surface area (TPSA) is 35.0 Å². The highest BCUT2D eigenvalue weighted by atomic mass is 35.5. The van der Waals surface area contributed by atoms with E-state index >= 15 is 0 Å². The Morgan fingerprint density at radius 1 is 1.47 bits per heavy atom. The molecule has 0 radical (unpaired) electrons. The second-order valence-electron chi connectivity index (χ2n) is 3.36. The maximum atomic E-state index is 13.1. The summed E-state index contributed by atoms with van der Waals surface area (Å²) in [5, 5.41) is 0.702. The van der Waals surface area contributed by atoms with Crippen molar-refractivity contribution in [2.24, 2.45) is 0 Å². The first kappa shape index (κ1) is 11.8. The van der Waals surface area contributed by atoms with Crippen LogP contribution >= 0.6 is 11.6 Å². The van der Waals surface area contributed by atoms with Crippen molar-refractivity contribution in [2.45, 2.75) is 6.92 Å². The zero-order valence-corrected chi connectivity index (χ0v) is 9.96. The van der Waals surface area contributed by atoms with Crippen LogP contribution in [0.15, 0.2) is 24.8 Å². The minimum atomic E-state index is -0.375. The van der Waals surface area contributed by atoms with E-state index in [4.69, 9.17) is 16.3 Å². The summed E-state index contributed by atoms with van der Waals surface area (Å²) in [6, 6.07) is 4.22. The lowest BCUT2D eigenvalue weighted by atomic mass is 10.1. The highest BCUT2D eigenvalue weighted by Gasteiger charge is 2.11. The largest absolute Gasteiger partial charge is 0.492 e. The van der Waals surface area contributed by atoms with Gasteiger partial charge in [-0.1, -0.05) is 6.58 Å². The lowest BCUT2D eigenvalue weighted by molar-refractivity contribution is 0.298. The van der Waals surface area contributed by atoms with Crippen LogP contribution in [0.3, 0.4) is 0 Å². The van der Waals surface area contributed by atoms with E-state index in [9.17, 15) is 4.39 Å². The molecule has 2 aromatic rings. The third-order valence-electron chi connectivity index (χ3n) is 2.21. The average molecular weight is 253 g/mol. The van der Waals surface area contributed by atoms with E-state index < -0.39 is 0 Å². The number of hydrogen-bond donors (Lipinski definition) is 0. The average Bonchev–Trinajstić information content (AvgIpc) is 2.27. The van der Waals surface area contributed by atoms with Gasteiger partial charge in [-0.05, 0) is 30.7 Å². The lowest BCUT2D eigenvalue weighted by Crippen LogP contribution is -1.98. The SMILES string of the molecule is C=C(OCC)c1nc(Cl)nc2cc(F)ccc12. The predicted molar refractivity (Wildman–Crippen MR) is 65.2 cm³/mol. The molecule has 1 aromatic carbocycles. The number of fused-ring (bicyclic) bond motifs is 1. The highest BCUT2D eigenvalue weighted by Crippen LogP contribution is 2.24. The van der Waals surface area contributed by atoms with Crippen molar-refractivity contribution in [3.8, 4) is 0 Å². The fourth-order valence-corrected chi connectivity index (χ4v) is 1.71. The molecule has 5 heteroatoms. The monoisotopic (exact) mass is 252 g/mol. The van der Waals surface area contributed by atoms with Gasteiger partial charge in [-0.25, -0.2) is 14.4 Å². The molecule has 0 amide bonds. The summed E-state index contributed by atoms with van der Waals surface area (Å²) in [6.45, 7) is 6.08. The molecule has 88 valence electrons. The van der Waals surface area contributed by atoms with Crippen LogP contribution in [0.4, 0.5) is 4.39 Å². The Kier molecular flexibility index (Phi) is 3.24. The number of halogens is 2. The fourth-order valence-electron chi connectivity index (χ4n) is 1.53. The molecule has 1 heterocycles. The van der Waals surface area contributed by atoms with Crippen LogP contribution in [0.2, 0.25) is 5.28 Å². The molecule has 0 aliphatic heterocycles. The van der Waals surface area contributed by atoms with E-state index in [-0.39, 0.29) is 11.1 Å². The van der Waals surface area contributed by atoms with Gasteiger partial charge in [-0.2, -0.15) is 0 Å². The number of benzene rings is 1. The third-order valence-corrected chi connectivity index (χ3v) is 2.38. The van der Waals surface area contributed by atoms with Crippen LogP contribution in [0.25, 0.3) is 16.7 Å². The van der Waals surface area contributed by atoms with Crippen molar-refractivity contribution < 1.29 is 9.13 Å². The summed E-state index contributed by atoms with van der Waals surface area (Å²) in [6.07, 6.45) is 0. The Morgan fingerprint density at radius 2 is 2.24 bits per heavy atom. The summed E-state index contributed by atoms with van der Waals surface area (Å²) in [7, 11) is 0. The van der Waals surface area contributed by atoms with Gasteiger partial charge in [0.25, 0.3) is 0 Å². The fraction of sp³-hybridized carbons (Fsp3) is 0.167. The van der Waals surface area contributed by atoms with Gasteiger partial charge in [0, 0.05) is 11.5 Å². The maximum absolute atomic E-state index is 13.1. The summed E-state index contributed by atoms with van der Waals surface area (Å²) in [5.74, 6) is 0.0219. The molecule has 1 aromatic heterocycles. The van der Waals surface area contributed by atoms with E-state index in [1.54, 1.807) is 6.07 Å². The van der Waals surface area contributed by atoms with E-state index in [0.29, 0.717) is 29.0 Å². The molecule has 0 aliphatic carbocycles. The Hall–Kier alpha value is -1.68. The van der Waals surface area contributed by atoms with E-state index in [1.165, 1.54) is 12.1 Å². The Morgan fingerprint density at radius 3 is 2.94 bits per heavy atom. The number of aromatic nitrogens is 2. The Balaban J connectivity index is 2.65. The van der Waals surface area contributed by atoms with Gasteiger partial charge in [0.1, 0.15) is 17.3 Å². The van der Waals surface area contributed by atoms with Crippen LogP contribution in [-0.2, 0) is 4.74 Å². The van der Waals surface area contributed by atoms with Gasteiger partial charge in [-0.15, -0.1) is 0 Å². The molecule has 0 saturated heterocycles. The van der Waals surface area contributed by atoms with Crippen LogP contribution in [-0.4, -0.2) is 16.6 Å². The molecule has 0 aliphatic rings. The van der Waals surface area contributed by atoms with Gasteiger partial charge in [0.05, 0.1) is 12.1 Å². The molecule has 0 spiro atoms. The maximum Gasteiger partial charge on any atom is 0.223 e. The number of rotatable bonds is 3. The van der Waals surface area contributed by atoms with Gasteiger partial charge in [0.15, 0.2) is 0 Å². The molecule has 17 heavy (non-hydrogen) atoms. The third kappa shape index (κ3) is 2.36. The number of ether oxygens (including phenoxy) is 1. The minimum absolute atomic E-state index is 0.0407. The zero-order valence-electron chi connectivity index (χ0n) is 9.20. The Labute approximate surface area is 103 Å². The van der Waals surface area contributed by atoms with Crippen molar-refractivity contribution in [3.63, 3.8) is 0 Å². The van der Waals surface area contributed by atoms with Gasteiger partial charge in [-0.3, -0.25) is 0 Å². The van der Waals surface area contributed by atoms with Crippen LogP contribution in [0.1, 0.15) is 12.6 Å². The van der Waals surface area contributed by atoms with Crippen molar-refractivity contribution in [1.29, 1.82) is 0 Å². The molecule has 0 atom stereocenters. The number of hydrogen-bond acceptors (Lipinski definition) is 3. The molecule has 3 nitrogen and oxygen atoms in total.